The summed E-state index contributed by atoms with van der Waals surface area (Å²) in [6, 6.07) is 8.30. The van der Waals surface area contributed by atoms with Gasteiger partial charge in [0.2, 0.25) is 5.91 Å². The summed E-state index contributed by atoms with van der Waals surface area (Å²) < 4.78 is 0. The third kappa shape index (κ3) is 5.19. The Morgan fingerprint density at radius 2 is 1.64 bits per heavy atom. The van der Waals surface area contributed by atoms with Gasteiger partial charge in [0.25, 0.3) is 0 Å². The van der Waals surface area contributed by atoms with Crippen molar-refractivity contribution in [2.24, 2.45) is 0 Å². The molecule has 0 aromatic heterocycles. The monoisotopic (exact) mass is 346 g/mol. The predicted octanol–water partition coefficient (Wildman–Crippen LogP) is 2.35. The minimum absolute atomic E-state index is 0.170. The van der Waals surface area contributed by atoms with E-state index < -0.39 is 0 Å². The lowest BCUT2D eigenvalue weighted by atomic mass is 10.0. The third-order valence-corrected chi connectivity index (χ3v) is 4.77. The van der Waals surface area contributed by atoms with Crippen LogP contribution in [-0.2, 0) is 4.79 Å². The molecule has 1 saturated heterocycles. The topological polar surface area (TPSA) is 38.8 Å². The Balaban J connectivity index is 2.29. The second-order valence-corrected chi connectivity index (χ2v) is 7.00. The second-order valence-electron chi connectivity index (χ2n) is 7.00. The smallest absolute Gasteiger partial charge is 0.244 e. The van der Waals surface area contributed by atoms with Crippen LogP contribution in [0.15, 0.2) is 24.3 Å². The number of rotatable bonds is 8. The number of piperazine rings is 1. The summed E-state index contributed by atoms with van der Waals surface area (Å²) in [7, 11) is 4.08. The van der Waals surface area contributed by atoms with E-state index in [1.165, 1.54) is 0 Å². The van der Waals surface area contributed by atoms with E-state index in [-0.39, 0.29) is 11.9 Å². The van der Waals surface area contributed by atoms with Crippen molar-refractivity contribution in [3.05, 3.63) is 29.8 Å². The Hall–Kier alpha value is -1.59. The number of amides is 1. The third-order valence-electron chi connectivity index (χ3n) is 4.77. The lowest BCUT2D eigenvalue weighted by molar-refractivity contribution is -0.137. The summed E-state index contributed by atoms with van der Waals surface area (Å²) in [6.07, 6.45) is 2.00. The highest BCUT2D eigenvalue weighted by Crippen LogP contribution is 2.26. The van der Waals surface area contributed by atoms with Crippen LogP contribution >= 0.6 is 0 Å². The molecular formula is C20H34N4O. The first-order valence-corrected chi connectivity index (χ1v) is 9.59. The number of nitrogens with zero attached hydrogens (tertiary/aromatic N) is 3. The molecule has 1 heterocycles. The van der Waals surface area contributed by atoms with Crippen LogP contribution in [0.2, 0.25) is 0 Å². The first kappa shape index (κ1) is 19.7. The minimum atomic E-state index is -0.170. The van der Waals surface area contributed by atoms with Gasteiger partial charge in [-0.05, 0) is 30.5 Å². The van der Waals surface area contributed by atoms with E-state index in [1.807, 2.05) is 19.0 Å². The first-order valence-electron chi connectivity index (χ1n) is 9.59. The van der Waals surface area contributed by atoms with Gasteiger partial charge >= 0.3 is 0 Å². The summed E-state index contributed by atoms with van der Waals surface area (Å²) in [4.78, 5) is 19.9. The maximum absolute atomic E-state index is 13.4. The average molecular weight is 347 g/mol. The molecule has 1 unspecified atom stereocenters. The number of anilines is 1. The number of hydrogen-bond acceptors (Lipinski definition) is 4. The van der Waals surface area contributed by atoms with Crippen molar-refractivity contribution in [1.29, 1.82) is 0 Å². The van der Waals surface area contributed by atoms with Crippen LogP contribution in [0.1, 0.15) is 38.3 Å². The van der Waals surface area contributed by atoms with E-state index in [9.17, 15) is 4.79 Å². The quantitative estimate of drug-likeness (QED) is 0.784. The zero-order valence-electron chi connectivity index (χ0n) is 16.3. The molecule has 5 heteroatoms. The number of nitrogens with one attached hydrogen (secondary N) is 1. The number of carbonyl (C=O) groups excluding carboxylic acids is 1. The first-order chi connectivity index (χ1) is 12.1. The molecule has 1 amide bonds. The fourth-order valence-electron chi connectivity index (χ4n) is 3.45. The molecule has 0 bridgehead atoms. The maximum atomic E-state index is 13.4. The molecule has 1 aromatic carbocycles. The van der Waals surface area contributed by atoms with Crippen molar-refractivity contribution in [2.45, 2.75) is 32.7 Å². The fourth-order valence-corrected chi connectivity index (χ4v) is 3.45. The molecule has 1 aromatic rings. The Labute approximate surface area is 153 Å². The van der Waals surface area contributed by atoms with Gasteiger partial charge in [-0.1, -0.05) is 26.0 Å². The van der Waals surface area contributed by atoms with E-state index >= 15 is 0 Å². The van der Waals surface area contributed by atoms with Gasteiger partial charge in [-0.25, -0.2) is 0 Å². The highest BCUT2D eigenvalue weighted by Gasteiger charge is 2.31. The summed E-state index contributed by atoms with van der Waals surface area (Å²) >= 11 is 0. The summed E-state index contributed by atoms with van der Waals surface area (Å²) in [5, 5.41) is 3.39. The molecule has 25 heavy (non-hydrogen) atoms. The zero-order valence-corrected chi connectivity index (χ0v) is 16.3. The van der Waals surface area contributed by atoms with Gasteiger partial charge in [-0.3, -0.25) is 9.69 Å². The van der Waals surface area contributed by atoms with Crippen LogP contribution in [0.3, 0.4) is 0 Å². The molecule has 1 aliphatic heterocycles. The lowest BCUT2D eigenvalue weighted by Crippen LogP contribution is -2.50. The molecule has 1 aliphatic rings. The molecule has 1 atom stereocenters. The number of hydrogen-bond donors (Lipinski definition) is 1. The highest BCUT2D eigenvalue weighted by atomic mass is 16.2. The van der Waals surface area contributed by atoms with Crippen LogP contribution in [0, 0.1) is 0 Å². The zero-order chi connectivity index (χ0) is 18.2. The normalized spacial score (nSPS) is 16.5. The van der Waals surface area contributed by atoms with Gasteiger partial charge in [0.05, 0.1) is 0 Å². The SMILES string of the molecule is CCCN(CCC)C(=O)C(c1ccc(N(C)C)cc1)N1CCNCC1. The molecule has 140 valence electrons. The average Bonchev–Trinajstić information content (AvgIpc) is 2.63. The molecule has 0 radical (unpaired) electrons. The molecule has 0 aliphatic carbocycles. The van der Waals surface area contributed by atoms with Crippen molar-refractivity contribution >= 4 is 11.6 Å². The van der Waals surface area contributed by atoms with Crippen LogP contribution in [0.4, 0.5) is 5.69 Å². The van der Waals surface area contributed by atoms with Gasteiger partial charge in [-0.15, -0.1) is 0 Å². The molecule has 0 saturated carbocycles. The number of benzene rings is 1. The van der Waals surface area contributed by atoms with Crippen molar-refractivity contribution in [1.82, 2.24) is 15.1 Å². The predicted molar refractivity (Wildman–Crippen MR) is 105 cm³/mol. The van der Waals surface area contributed by atoms with Gasteiger partial charge < -0.3 is 15.1 Å². The van der Waals surface area contributed by atoms with E-state index in [1.54, 1.807) is 0 Å². The van der Waals surface area contributed by atoms with Crippen LogP contribution < -0.4 is 10.2 Å². The molecule has 5 nitrogen and oxygen atoms in total. The standard InChI is InChI=1S/C20H34N4O/c1-5-13-24(14-6-2)20(25)19(23-15-11-21-12-16-23)17-7-9-18(10-8-17)22(3)4/h7-10,19,21H,5-6,11-16H2,1-4H3. The largest absolute Gasteiger partial charge is 0.378 e. The molecule has 1 fully saturated rings. The summed E-state index contributed by atoms with van der Waals surface area (Å²) in [6.45, 7) is 9.68. The van der Waals surface area contributed by atoms with Gasteiger partial charge in [0.15, 0.2) is 0 Å². The Morgan fingerprint density at radius 3 is 2.12 bits per heavy atom. The molecule has 2 rings (SSSR count). The van der Waals surface area contributed by atoms with Crippen molar-refractivity contribution in [3.63, 3.8) is 0 Å². The summed E-state index contributed by atoms with van der Waals surface area (Å²) in [5.74, 6) is 0.253. The van der Waals surface area contributed by atoms with Crippen molar-refractivity contribution < 1.29 is 4.79 Å². The van der Waals surface area contributed by atoms with E-state index in [4.69, 9.17) is 0 Å². The fraction of sp³-hybridized carbons (Fsp3) is 0.650. The van der Waals surface area contributed by atoms with Crippen LogP contribution in [-0.4, -0.2) is 69.1 Å². The van der Waals surface area contributed by atoms with E-state index in [2.05, 4.69) is 53.2 Å². The van der Waals surface area contributed by atoms with E-state index in [0.29, 0.717) is 0 Å². The second kappa shape index (κ2) is 9.78. The molecule has 1 N–H and O–H groups in total. The maximum Gasteiger partial charge on any atom is 0.244 e. The minimum Gasteiger partial charge on any atom is -0.378 e. The van der Waals surface area contributed by atoms with Crippen molar-refractivity contribution in [3.8, 4) is 0 Å². The summed E-state index contributed by atoms with van der Waals surface area (Å²) in [5.41, 5.74) is 2.27. The molecular weight excluding hydrogens is 312 g/mol. The lowest BCUT2D eigenvalue weighted by Gasteiger charge is -2.37. The van der Waals surface area contributed by atoms with Crippen molar-refractivity contribution in [2.75, 3.05) is 58.3 Å². The highest BCUT2D eigenvalue weighted by molar-refractivity contribution is 5.83. The van der Waals surface area contributed by atoms with Gasteiger partial charge in [-0.2, -0.15) is 0 Å². The van der Waals surface area contributed by atoms with Crippen LogP contribution in [0.25, 0.3) is 0 Å². The van der Waals surface area contributed by atoms with E-state index in [0.717, 1.165) is 63.4 Å². The van der Waals surface area contributed by atoms with Gasteiger partial charge in [0.1, 0.15) is 6.04 Å². The Kier molecular flexibility index (Phi) is 7.72. The Bertz CT molecular complexity index is 517. The molecule has 0 spiro atoms. The number of carbonyl (C=O) groups is 1. The Morgan fingerprint density at radius 1 is 1.08 bits per heavy atom. The van der Waals surface area contributed by atoms with Crippen LogP contribution in [0.5, 0.6) is 0 Å². The van der Waals surface area contributed by atoms with Gasteiger partial charge in [0, 0.05) is 59.1 Å².